The van der Waals surface area contributed by atoms with Crippen molar-refractivity contribution in [2.45, 2.75) is 6.42 Å². The second-order valence-corrected chi connectivity index (χ2v) is 3.70. The van der Waals surface area contributed by atoms with E-state index in [2.05, 4.69) is 10.5 Å². The predicted molar refractivity (Wildman–Crippen MR) is 66.1 cm³/mol. The molecule has 6 nitrogen and oxygen atoms in total. The average molecular weight is 254 g/mol. The lowest BCUT2D eigenvalue weighted by Crippen LogP contribution is -2.34. The number of rotatable bonds is 4. The number of carbonyl (C=O) groups is 1. The van der Waals surface area contributed by atoms with E-state index in [9.17, 15) is 9.18 Å². The van der Waals surface area contributed by atoms with Gasteiger partial charge in [-0.3, -0.25) is 0 Å². The first-order valence-electron chi connectivity index (χ1n) is 5.27. The summed E-state index contributed by atoms with van der Waals surface area (Å²) in [5.74, 6) is -0.315. The Morgan fingerprint density at radius 2 is 2.11 bits per heavy atom. The zero-order valence-electron chi connectivity index (χ0n) is 9.93. The van der Waals surface area contributed by atoms with Gasteiger partial charge in [-0.2, -0.15) is 0 Å². The number of amidine groups is 1. The number of nitrogens with one attached hydrogen (secondary N) is 1. The van der Waals surface area contributed by atoms with Crippen molar-refractivity contribution in [1.82, 2.24) is 4.90 Å². The Balaban J connectivity index is 2.47. The third kappa shape index (κ3) is 4.28. The Kier molecular flexibility index (Phi) is 4.91. The molecular formula is C11H15FN4O2. The second kappa shape index (κ2) is 6.43. The van der Waals surface area contributed by atoms with Crippen LogP contribution in [-0.2, 0) is 0 Å². The van der Waals surface area contributed by atoms with Gasteiger partial charge in [-0.15, -0.1) is 0 Å². The molecular weight excluding hydrogens is 239 g/mol. The number of benzene rings is 1. The number of nitrogens with two attached hydrogens (primary N) is 1. The second-order valence-electron chi connectivity index (χ2n) is 3.70. The molecule has 18 heavy (non-hydrogen) atoms. The summed E-state index contributed by atoms with van der Waals surface area (Å²) < 4.78 is 12.7. The van der Waals surface area contributed by atoms with Gasteiger partial charge >= 0.3 is 6.03 Å². The molecule has 98 valence electrons. The van der Waals surface area contributed by atoms with Crippen LogP contribution in [0.5, 0.6) is 0 Å². The van der Waals surface area contributed by atoms with Crippen LogP contribution < -0.4 is 11.1 Å². The van der Waals surface area contributed by atoms with Gasteiger partial charge in [0.15, 0.2) is 0 Å². The van der Waals surface area contributed by atoms with Crippen LogP contribution in [0.2, 0.25) is 0 Å². The monoisotopic (exact) mass is 254 g/mol. The SMILES string of the molecule is CN(CC/C(N)=N/O)C(=O)Nc1ccc(F)cc1. The molecule has 0 spiro atoms. The number of amides is 2. The molecule has 1 aromatic carbocycles. The van der Waals surface area contributed by atoms with Gasteiger partial charge in [0.1, 0.15) is 11.7 Å². The molecule has 1 rings (SSSR count). The van der Waals surface area contributed by atoms with E-state index in [1.54, 1.807) is 7.05 Å². The molecule has 1 aromatic rings. The van der Waals surface area contributed by atoms with Gasteiger partial charge in [-0.1, -0.05) is 5.16 Å². The number of urea groups is 1. The van der Waals surface area contributed by atoms with Gasteiger partial charge < -0.3 is 21.2 Å². The summed E-state index contributed by atoms with van der Waals surface area (Å²) in [6.45, 7) is 0.308. The summed E-state index contributed by atoms with van der Waals surface area (Å²) >= 11 is 0. The largest absolute Gasteiger partial charge is 0.409 e. The zero-order chi connectivity index (χ0) is 13.5. The first kappa shape index (κ1) is 13.8. The van der Waals surface area contributed by atoms with Crippen LogP contribution in [0.25, 0.3) is 0 Å². The molecule has 0 aromatic heterocycles. The third-order valence-electron chi connectivity index (χ3n) is 2.27. The van der Waals surface area contributed by atoms with E-state index in [0.717, 1.165) is 0 Å². The lowest BCUT2D eigenvalue weighted by Gasteiger charge is -2.17. The number of nitrogens with zero attached hydrogens (tertiary/aromatic N) is 2. The highest BCUT2D eigenvalue weighted by Crippen LogP contribution is 2.08. The molecule has 0 heterocycles. The Morgan fingerprint density at radius 3 is 2.67 bits per heavy atom. The van der Waals surface area contributed by atoms with Crippen LogP contribution in [0.4, 0.5) is 14.9 Å². The van der Waals surface area contributed by atoms with Gasteiger partial charge in [-0.25, -0.2) is 9.18 Å². The summed E-state index contributed by atoms with van der Waals surface area (Å²) in [5, 5.41) is 13.8. The summed E-state index contributed by atoms with van der Waals surface area (Å²) in [7, 11) is 1.57. The molecule has 0 aliphatic carbocycles. The zero-order valence-corrected chi connectivity index (χ0v) is 9.93. The van der Waals surface area contributed by atoms with Gasteiger partial charge in [-0.05, 0) is 24.3 Å². The summed E-state index contributed by atoms with van der Waals surface area (Å²) in [6, 6.07) is 5.08. The first-order valence-corrected chi connectivity index (χ1v) is 5.27. The maximum Gasteiger partial charge on any atom is 0.321 e. The Morgan fingerprint density at radius 1 is 1.50 bits per heavy atom. The number of halogens is 1. The van der Waals surface area contributed by atoms with Crippen LogP contribution in [0, 0.1) is 5.82 Å². The van der Waals surface area contributed by atoms with E-state index in [-0.39, 0.29) is 24.1 Å². The highest BCUT2D eigenvalue weighted by molar-refractivity contribution is 5.89. The highest BCUT2D eigenvalue weighted by atomic mass is 19.1. The van der Waals surface area contributed by atoms with Crippen molar-refractivity contribution >= 4 is 17.6 Å². The van der Waals surface area contributed by atoms with Crippen molar-refractivity contribution < 1.29 is 14.4 Å². The molecule has 0 atom stereocenters. The predicted octanol–water partition coefficient (Wildman–Crippen LogP) is 1.43. The van der Waals surface area contributed by atoms with E-state index < -0.39 is 0 Å². The minimum Gasteiger partial charge on any atom is -0.409 e. The lowest BCUT2D eigenvalue weighted by atomic mass is 10.3. The van der Waals surface area contributed by atoms with Gasteiger partial charge in [0.2, 0.25) is 0 Å². The van der Waals surface area contributed by atoms with Gasteiger partial charge in [0.25, 0.3) is 0 Å². The van der Waals surface area contributed by atoms with Crippen LogP contribution in [0.15, 0.2) is 29.4 Å². The smallest absolute Gasteiger partial charge is 0.321 e. The molecule has 0 radical (unpaired) electrons. The standard InChI is InChI=1S/C11H15FN4O2/c1-16(7-6-10(13)15-18)11(17)14-9-4-2-8(12)3-5-9/h2-5,18H,6-7H2,1H3,(H2,13,15)(H,14,17). The fourth-order valence-corrected chi connectivity index (χ4v) is 1.19. The number of carbonyl (C=O) groups excluding carboxylic acids is 1. The van der Waals surface area contributed by atoms with E-state index >= 15 is 0 Å². The Bertz CT molecular complexity index is 433. The van der Waals surface area contributed by atoms with Gasteiger partial charge in [0.05, 0.1) is 0 Å². The molecule has 0 saturated heterocycles. The molecule has 0 aliphatic heterocycles. The molecule has 0 unspecified atom stereocenters. The Labute approximate surface area is 104 Å². The van der Waals surface area contributed by atoms with Crippen molar-refractivity contribution in [3.05, 3.63) is 30.1 Å². The summed E-state index contributed by atoms with van der Waals surface area (Å²) in [5.41, 5.74) is 5.79. The van der Waals surface area contributed by atoms with Gasteiger partial charge in [0, 0.05) is 25.7 Å². The van der Waals surface area contributed by atoms with Crippen molar-refractivity contribution in [3.8, 4) is 0 Å². The third-order valence-corrected chi connectivity index (χ3v) is 2.27. The number of oxime groups is 1. The van der Waals surface area contributed by atoms with E-state index in [1.165, 1.54) is 29.2 Å². The molecule has 0 saturated carbocycles. The minimum absolute atomic E-state index is 0.0523. The molecule has 0 bridgehead atoms. The maximum absolute atomic E-state index is 12.7. The summed E-state index contributed by atoms with van der Waals surface area (Å²) in [4.78, 5) is 13.1. The summed E-state index contributed by atoms with van der Waals surface area (Å²) in [6.07, 6.45) is 0.268. The van der Waals surface area contributed by atoms with E-state index in [4.69, 9.17) is 10.9 Å². The Hall–Kier alpha value is -2.31. The number of hydrogen-bond donors (Lipinski definition) is 3. The highest BCUT2D eigenvalue weighted by Gasteiger charge is 2.09. The van der Waals surface area contributed by atoms with Crippen LogP contribution in [0.3, 0.4) is 0 Å². The van der Waals surface area contributed by atoms with Crippen molar-refractivity contribution in [1.29, 1.82) is 0 Å². The average Bonchev–Trinajstić information content (AvgIpc) is 2.38. The van der Waals surface area contributed by atoms with E-state index in [0.29, 0.717) is 12.2 Å². The number of hydrogen-bond acceptors (Lipinski definition) is 3. The lowest BCUT2D eigenvalue weighted by molar-refractivity contribution is 0.223. The topological polar surface area (TPSA) is 90.9 Å². The number of anilines is 1. The van der Waals surface area contributed by atoms with Crippen LogP contribution >= 0.6 is 0 Å². The van der Waals surface area contributed by atoms with Crippen molar-refractivity contribution in [3.63, 3.8) is 0 Å². The molecule has 0 fully saturated rings. The van der Waals surface area contributed by atoms with Crippen molar-refractivity contribution in [2.75, 3.05) is 18.9 Å². The fourth-order valence-electron chi connectivity index (χ4n) is 1.19. The molecule has 2 amide bonds. The maximum atomic E-state index is 12.7. The van der Waals surface area contributed by atoms with E-state index in [1.807, 2.05) is 0 Å². The quantitative estimate of drug-likeness (QED) is 0.328. The van der Waals surface area contributed by atoms with Crippen LogP contribution in [0.1, 0.15) is 6.42 Å². The normalized spacial score (nSPS) is 11.1. The first-order chi connectivity index (χ1) is 8.52. The molecule has 7 heteroatoms. The fraction of sp³-hybridized carbons (Fsp3) is 0.273. The molecule has 0 aliphatic rings. The minimum atomic E-state index is -0.367. The van der Waals surface area contributed by atoms with Crippen LogP contribution in [-0.4, -0.2) is 35.6 Å². The van der Waals surface area contributed by atoms with Crippen molar-refractivity contribution in [2.24, 2.45) is 10.9 Å². The molecule has 4 N–H and O–H groups in total.